The van der Waals surface area contributed by atoms with Crippen molar-refractivity contribution in [3.05, 3.63) is 29.2 Å². The molecule has 3 rings (SSSR count). The van der Waals surface area contributed by atoms with Crippen LogP contribution in [0.4, 0.5) is 0 Å². The summed E-state index contributed by atoms with van der Waals surface area (Å²) in [6.45, 7) is 7.26. The Labute approximate surface area is 123 Å². The van der Waals surface area contributed by atoms with Crippen molar-refractivity contribution in [2.45, 2.75) is 46.0 Å². The molecule has 0 aliphatic carbocycles. The van der Waals surface area contributed by atoms with E-state index in [-0.39, 0.29) is 0 Å². The Bertz CT molecular complexity index is 606. The van der Waals surface area contributed by atoms with Gasteiger partial charge in [-0.1, -0.05) is 5.16 Å². The first kappa shape index (κ1) is 14.2. The highest BCUT2D eigenvalue weighted by Gasteiger charge is 2.24. The second-order valence-electron chi connectivity index (χ2n) is 5.57. The van der Waals surface area contributed by atoms with Gasteiger partial charge in [0.15, 0.2) is 5.82 Å². The zero-order valence-corrected chi connectivity index (χ0v) is 12.7. The molecule has 3 heterocycles. The molecule has 0 spiro atoms. The van der Waals surface area contributed by atoms with Gasteiger partial charge in [-0.2, -0.15) is 0 Å². The molecule has 0 radical (unpaired) electrons. The molecular weight excluding hydrogens is 270 g/mol. The molecule has 1 atom stereocenters. The fourth-order valence-electron chi connectivity index (χ4n) is 2.79. The summed E-state index contributed by atoms with van der Waals surface area (Å²) in [5.74, 6) is 2.79. The van der Waals surface area contributed by atoms with Crippen molar-refractivity contribution in [2.75, 3.05) is 13.7 Å². The number of ether oxygens (including phenoxy) is 1. The van der Waals surface area contributed by atoms with Crippen molar-refractivity contribution in [1.82, 2.24) is 24.8 Å². The predicted octanol–water partition coefficient (Wildman–Crippen LogP) is 1.17. The van der Waals surface area contributed by atoms with E-state index in [1.807, 2.05) is 13.0 Å². The molecule has 21 heavy (non-hydrogen) atoms. The minimum absolute atomic E-state index is 0.392. The lowest BCUT2D eigenvalue weighted by atomic mass is 10.2. The van der Waals surface area contributed by atoms with E-state index in [9.17, 15) is 0 Å². The molecule has 1 aliphatic rings. The average molecular weight is 291 g/mol. The molecule has 2 aromatic rings. The number of hydrogen-bond acceptors (Lipinski definition) is 6. The van der Waals surface area contributed by atoms with Crippen molar-refractivity contribution in [3.8, 4) is 0 Å². The van der Waals surface area contributed by atoms with E-state index >= 15 is 0 Å². The fourth-order valence-corrected chi connectivity index (χ4v) is 2.79. The molecule has 0 aromatic carbocycles. The third-order valence-electron chi connectivity index (χ3n) is 3.93. The molecule has 0 N–H and O–H groups in total. The third kappa shape index (κ3) is 2.98. The van der Waals surface area contributed by atoms with Gasteiger partial charge >= 0.3 is 0 Å². The molecular formula is C14H21N5O2. The van der Waals surface area contributed by atoms with E-state index < -0.39 is 0 Å². The Hall–Kier alpha value is -1.73. The molecule has 0 bridgehead atoms. The Morgan fingerprint density at radius 2 is 2.24 bits per heavy atom. The van der Waals surface area contributed by atoms with Crippen LogP contribution in [0.1, 0.15) is 30.0 Å². The Morgan fingerprint density at radius 1 is 1.38 bits per heavy atom. The van der Waals surface area contributed by atoms with Crippen LogP contribution in [0, 0.1) is 6.92 Å². The molecule has 7 nitrogen and oxygen atoms in total. The van der Waals surface area contributed by atoms with Gasteiger partial charge in [0.1, 0.15) is 18.2 Å². The Balaban J connectivity index is 1.73. The second-order valence-corrected chi connectivity index (χ2v) is 5.57. The quantitative estimate of drug-likeness (QED) is 0.842. The van der Waals surface area contributed by atoms with Crippen LogP contribution in [-0.2, 0) is 30.9 Å². The summed E-state index contributed by atoms with van der Waals surface area (Å²) in [7, 11) is 1.68. The SMILES string of the molecule is COCc1nnc2n1CCN(Cc1cc(C)on1)[C@H](C)C2. The van der Waals surface area contributed by atoms with Crippen LogP contribution < -0.4 is 0 Å². The molecule has 114 valence electrons. The standard InChI is InChI=1S/C14H21N5O2/c1-10-6-13-15-16-14(9-20-3)19(13)5-4-18(10)8-12-7-11(2)21-17-12/h7,10H,4-6,8-9H2,1-3H3/t10-/m1/s1. The van der Waals surface area contributed by atoms with E-state index in [4.69, 9.17) is 9.26 Å². The van der Waals surface area contributed by atoms with Crippen molar-refractivity contribution in [1.29, 1.82) is 0 Å². The van der Waals surface area contributed by atoms with E-state index in [2.05, 4.69) is 31.7 Å². The summed E-state index contributed by atoms with van der Waals surface area (Å²) in [5.41, 5.74) is 0.981. The van der Waals surface area contributed by atoms with Crippen LogP contribution in [0.25, 0.3) is 0 Å². The third-order valence-corrected chi connectivity index (χ3v) is 3.93. The average Bonchev–Trinajstić information content (AvgIpc) is 2.98. The van der Waals surface area contributed by atoms with Gasteiger partial charge in [0, 0.05) is 45.3 Å². The highest BCUT2D eigenvalue weighted by atomic mass is 16.5. The number of hydrogen-bond donors (Lipinski definition) is 0. The normalized spacial score (nSPS) is 19.5. The lowest BCUT2D eigenvalue weighted by molar-refractivity contribution is 0.170. The second kappa shape index (κ2) is 5.95. The molecule has 7 heteroatoms. The van der Waals surface area contributed by atoms with E-state index in [0.29, 0.717) is 12.6 Å². The first-order valence-corrected chi connectivity index (χ1v) is 7.23. The van der Waals surface area contributed by atoms with Crippen molar-refractivity contribution in [2.24, 2.45) is 0 Å². The van der Waals surface area contributed by atoms with Gasteiger partial charge in [-0.25, -0.2) is 0 Å². The maximum absolute atomic E-state index is 5.19. The molecule has 0 unspecified atom stereocenters. The zero-order valence-electron chi connectivity index (χ0n) is 12.7. The summed E-state index contributed by atoms with van der Waals surface area (Å²) in [4.78, 5) is 2.41. The number of aryl methyl sites for hydroxylation is 1. The minimum atomic E-state index is 0.392. The van der Waals surface area contributed by atoms with Crippen molar-refractivity contribution < 1.29 is 9.26 Å². The van der Waals surface area contributed by atoms with Gasteiger partial charge in [0.2, 0.25) is 0 Å². The number of methoxy groups -OCH3 is 1. The number of rotatable bonds is 4. The lowest BCUT2D eigenvalue weighted by Gasteiger charge is -2.25. The summed E-state index contributed by atoms with van der Waals surface area (Å²) in [6.07, 6.45) is 0.882. The number of nitrogens with zero attached hydrogens (tertiary/aromatic N) is 5. The molecule has 0 saturated heterocycles. The first-order chi connectivity index (χ1) is 10.2. The zero-order chi connectivity index (χ0) is 14.8. The van der Waals surface area contributed by atoms with Crippen LogP contribution >= 0.6 is 0 Å². The van der Waals surface area contributed by atoms with Crippen LogP contribution in [0.5, 0.6) is 0 Å². The van der Waals surface area contributed by atoms with Gasteiger partial charge in [-0.15, -0.1) is 10.2 Å². The Morgan fingerprint density at radius 3 is 2.95 bits per heavy atom. The number of aromatic nitrogens is 4. The van der Waals surface area contributed by atoms with E-state index in [1.165, 1.54) is 0 Å². The van der Waals surface area contributed by atoms with Gasteiger partial charge in [0.25, 0.3) is 0 Å². The molecule has 0 fully saturated rings. The molecule has 0 saturated carbocycles. The first-order valence-electron chi connectivity index (χ1n) is 7.23. The number of fused-ring (bicyclic) bond motifs is 1. The highest BCUT2D eigenvalue weighted by molar-refractivity contribution is 5.05. The largest absolute Gasteiger partial charge is 0.377 e. The van der Waals surface area contributed by atoms with Gasteiger partial charge in [-0.3, -0.25) is 4.90 Å². The van der Waals surface area contributed by atoms with Gasteiger partial charge < -0.3 is 13.8 Å². The maximum atomic E-state index is 5.19. The summed E-state index contributed by atoms with van der Waals surface area (Å²) in [6, 6.07) is 2.39. The minimum Gasteiger partial charge on any atom is -0.377 e. The topological polar surface area (TPSA) is 69.2 Å². The van der Waals surface area contributed by atoms with E-state index in [1.54, 1.807) is 7.11 Å². The lowest BCUT2D eigenvalue weighted by Crippen LogP contribution is -2.34. The fraction of sp³-hybridized carbons (Fsp3) is 0.643. The molecule has 0 amide bonds. The molecule has 1 aliphatic heterocycles. The van der Waals surface area contributed by atoms with Crippen LogP contribution in [-0.4, -0.2) is 44.5 Å². The summed E-state index contributed by atoms with van der Waals surface area (Å²) < 4.78 is 12.5. The van der Waals surface area contributed by atoms with Gasteiger partial charge in [-0.05, 0) is 13.8 Å². The Kier molecular flexibility index (Phi) is 4.03. The molecule has 2 aromatic heterocycles. The van der Waals surface area contributed by atoms with Crippen LogP contribution in [0.15, 0.2) is 10.6 Å². The highest BCUT2D eigenvalue weighted by Crippen LogP contribution is 2.17. The summed E-state index contributed by atoms with van der Waals surface area (Å²) >= 11 is 0. The van der Waals surface area contributed by atoms with E-state index in [0.717, 1.165) is 49.2 Å². The van der Waals surface area contributed by atoms with Crippen molar-refractivity contribution >= 4 is 0 Å². The smallest absolute Gasteiger partial charge is 0.159 e. The van der Waals surface area contributed by atoms with Crippen LogP contribution in [0.3, 0.4) is 0 Å². The van der Waals surface area contributed by atoms with Crippen LogP contribution in [0.2, 0.25) is 0 Å². The van der Waals surface area contributed by atoms with Crippen molar-refractivity contribution in [3.63, 3.8) is 0 Å². The maximum Gasteiger partial charge on any atom is 0.159 e. The predicted molar refractivity (Wildman–Crippen MR) is 75.6 cm³/mol. The monoisotopic (exact) mass is 291 g/mol. The van der Waals surface area contributed by atoms with Gasteiger partial charge in [0.05, 0.1) is 5.69 Å². The summed E-state index contributed by atoms with van der Waals surface area (Å²) in [5, 5.41) is 12.6.